The first-order valence-electron chi connectivity index (χ1n) is 6.40. The van der Waals surface area contributed by atoms with Gasteiger partial charge in [-0.2, -0.15) is 0 Å². The van der Waals surface area contributed by atoms with Crippen LogP contribution in [0.1, 0.15) is 64.2 Å². The van der Waals surface area contributed by atoms with Crippen LogP contribution >= 0.6 is 0 Å². The molecule has 1 atom stereocenters. The summed E-state index contributed by atoms with van der Waals surface area (Å²) in [6, 6.07) is 0. The molecule has 0 aromatic carbocycles. The van der Waals surface area contributed by atoms with Gasteiger partial charge >= 0.3 is 0 Å². The number of hydrogen-bond acceptors (Lipinski definition) is 1. The maximum absolute atomic E-state index is 11.9. The molecular weight excluding hydrogens is 172 g/mol. The summed E-state index contributed by atoms with van der Waals surface area (Å²) in [5, 5.41) is 0. The number of hydrogen-bond donors (Lipinski definition) is 0. The van der Waals surface area contributed by atoms with Crippen LogP contribution < -0.4 is 0 Å². The molecule has 80 valence electrons. The molecular formula is C13H22O. The molecule has 1 heteroatoms. The number of ketones is 1. The first kappa shape index (κ1) is 10.2. The number of carbonyl (C=O) groups is 1. The summed E-state index contributed by atoms with van der Waals surface area (Å²) < 4.78 is 0. The van der Waals surface area contributed by atoms with Gasteiger partial charge in [0.1, 0.15) is 5.78 Å². The highest BCUT2D eigenvalue weighted by atomic mass is 16.1. The molecule has 0 radical (unpaired) electrons. The first-order chi connectivity index (χ1) is 6.88. The molecule has 0 aromatic heterocycles. The van der Waals surface area contributed by atoms with Gasteiger partial charge in [-0.3, -0.25) is 4.79 Å². The maximum atomic E-state index is 11.9. The molecule has 0 aliphatic heterocycles. The lowest BCUT2D eigenvalue weighted by molar-refractivity contribution is -0.124. The molecule has 0 saturated heterocycles. The van der Waals surface area contributed by atoms with Crippen molar-refractivity contribution in [2.24, 2.45) is 11.8 Å². The van der Waals surface area contributed by atoms with E-state index in [0.29, 0.717) is 11.7 Å². The van der Waals surface area contributed by atoms with Crippen molar-refractivity contribution in [2.45, 2.75) is 64.2 Å². The Kier molecular flexibility index (Phi) is 3.61. The van der Waals surface area contributed by atoms with Crippen molar-refractivity contribution in [3.63, 3.8) is 0 Å². The highest BCUT2D eigenvalue weighted by molar-refractivity contribution is 5.81. The highest BCUT2D eigenvalue weighted by Crippen LogP contribution is 2.35. The molecule has 1 nitrogen and oxygen atoms in total. The van der Waals surface area contributed by atoms with Gasteiger partial charge in [0.25, 0.3) is 0 Å². The van der Waals surface area contributed by atoms with Crippen molar-refractivity contribution in [3.8, 4) is 0 Å². The predicted molar refractivity (Wildman–Crippen MR) is 58.2 cm³/mol. The normalized spacial score (nSPS) is 31.4. The monoisotopic (exact) mass is 194 g/mol. The average Bonchev–Trinajstić information content (AvgIpc) is 2.44. The number of Topliss-reactive ketones (excluding diaryl/α,β-unsaturated/α-hetero) is 1. The van der Waals surface area contributed by atoms with Gasteiger partial charge < -0.3 is 0 Å². The zero-order valence-corrected chi connectivity index (χ0v) is 9.13. The van der Waals surface area contributed by atoms with Crippen LogP contribution in [0.4, 0.5) is 0 Å². The molecule has 2 aliphatic rings. The SMILES string of the molecule is O=C1CCCCC[C@@H]1C1CCCCC1. The van der Waals surface area contributed by atoms with Crippen LogP contribution in [0.2, 0.25) is 0 Å². The van der Waals surface area contributed by atoms with Crippen molar-refractivity contribution in [1.29, 1.82) is 0 Å². The molecule has 2 saturated carbocycles. The van der Waals surface area contributed by atoms with Crippen molar-refractivity contribution in [3.05, 3.63) is 0 Å². The lowest BCUT2D eigenvalue weighted by Crippen LogP contribution is -2.24. The van der Waals surface area contributed by atoms with Gasteiger partial charge in [0.15, 0.2) is 0 Å². The molecule has 2 rings (SSSR count). The van der Waals surface area contributed by atoms with Crippen LogP contribution in [0.15, 0.2) is 0 Å². The summed E-state index contributed by atoms with van der Waals surface area (Å²) in [6.07, 6.45) is 12.6. The summed E-state index contributed by atoms with van der Waals surface area (Å²) in [5.41, 5.74) is 0. The van der Waals surface area contributed by atoms with E-state index < -0.39 is 0 Å². The molecule has 0 aromatic rings. The van der Waals surface area contributed by atoms with E-state index in [1.165, 1.54) is 51.4 Å². The maximum Gasteiger partial charge on any atom is 0.136 e. The van der Waals surface area contributed by atoms with Crippen molar-refractivity contribution in [2.75, 3.05) is 0 Å². The van der Waals surface area contributed by atoms with E-state index in [4.69, 9.17) is 0 Å². The largest absolute Gasteiger partial charge is 0.299 e. The zero-order chi connectivity index (χ0) is 9.80. The topological polar surface area (TPSA) is 17.1 Å². The third-order valence-electron chi connectivity index (χ3n) is 4.07. The van der Waals surface area contributed by atoms with E-state index in [-0.39, 0.29) is 0 Å². The molecule has 0 bridgehead atoms. The van der Waals surface area contributed by atoms with Crippen LogP contribution in [0.5, 0.6) is 0 Å². The van der Waals surface area contributed by atoms with Crippen molar-refractivity contribution < 1.29 is 4.79 Å². The van der Waals surface area contributed by atoms with Crippen molar-refractivity contribution >= 4 is 5.78 Å². The number of rotatable bonds is 1. The first-order valence-corrected chi connectivity index (χ1v) is 6.40. The Hall–Kier alpha value is -0.330. The van der Waals surface area contributed by atoms with Gasteiger partial charge in [-0.1, -0.05) is 32.1 Å². The third kappa shape index (κ3) is 2.37. The fourth-order valence-electron chi connectivity index (χ4n) is 3.22. The molecule has 0 spiro atoms. The van der Waals surface area contributed by atoms with Gasteiger partial charge in [0.05, 0.1) is 0 Å². The van der Waals surface area contributed by atoms with E-state index in [1.807, 2.05) is 0 Å². The second-order valence-corrected chi connectivity index (χ2v) is 5.07. The third-order valence-corrected chi connectivity index (χ3v) is 4.07. The minimum atomic E-state index is 0.456. The Morgan fingerprint density at radius 2 is 1.43 bits per heavy atom. The number of carbonyl (C=O) groups excluding carboxylic acids is 1. The smallest absolute Gasteiger partial charge is 0.136 e. The Bertz CT molecular complexity index is 191. The van der Waals surface area contributed by atoms with Crippen LogP contribution in [-0.2, 0) is 4.79 Å². The lowest BCUT2D eigenvalue weighted by atomic mass is 9.76. The van der Waals surface area contributed by atoms with Gasteiger partial charge in [-0.15, -0.1) is 0 Å². The van der Waals surface area contributed by atoms with E-state index in [1.54, 1.807) is 0 Å². The molecule has 2 aliphatic carbocycles. The Labute approximate surface area is 87.3 Å². The van der Waals surface area contributed by atoms with E-state index in [0.717, 1.165) is 18.8 Å². The minimum absolute atomic E-state index is 0.456. The summed E-state index contributed by atoms with van der Waals surface area (Å²) in [5.74, 6) is 1.81. The molecule has 2 fully saturated rings. The quantitative estimate of drug-likeness (QED) is 0.581. The lowest BCUT2D eigenvalue weighted by Gasteiger charge is -2.28. The van der Waals surface area contributed by atoms with Gasteiger partial charge in [-0.05, 0) is 31.6 Å². The van der Waals surface area contributed by atoms with Gasteiger partial charge in [-0.25, -0.2) is 0 Å². The van der Waals surface area contributed by atoms with E-state index >= 15 is 0 Å². The second-order valence-electron chi connectivity index (χ2n) is 5.07. The molecule has 0 heterocycles. The van der Waals surface area contributed by atoms with Gasteiger partial charge in [0.2, 0.25) is 0 Å². The van der Waals surface area contributed by atoms with Crippen LogP contribution in [0.3, 0.4) is 0 Å². The van der Waals surface area contributed by atoms with Gasteiger partial charge in [0, 0.05) is 12.3 Å². The minimum Gasteiger partial charge on any atom is -0.299 e. The molecule has 14 heavy (non-hydrogen) atoms. The summed E-state index contributed by atoms with van der Waals surface area (Å²) in [7, 11) is 0. The van der Waals surface area contributed by atoms with Crippen molar-refractivity contribution in [1.82, 2.24) is 0 Å². The molecule has 0 amide bonds. The van der Waals surface area contributed by atoms with Crippen LogP contribution in [-0.4, -0.2) is 5.78 Å². The standard InChI is InChI=1S/C13H22O/c14-13-10-6-2-5-9-12(13)11-7-3-1-4-8-11/h11-12H,1-10H2/t12-/m1/s1. The van der Waals surface area contributed by atoms with Crippen LogP contribution in [0.25, 0.3) is 0 Å². The van der Waals surface area contributed by atoms with Crippen LogP contribution in [0, 0.1) is 11.8 Å². The average molecular weight is 194 g/mol. The predicted octanol–water partition coefficient (Wildman–Crippen LogP) is 3.72. The summed E-state index contributed by atoms with van der Waals surface area (Å²) >= 11 is 0. The fourth-order valence-corrected chi connectivity index (χ4v) is 3.22. The second kappa shape index (κ2) is 4.95. The van der Waals surface area contributed by atoms with E-state index in [9.17, 15) is 4.79 Å². The molecule has 0 N–H and O–H groups in total. The summed E-state index contributed by atoms with van der Waals surface area (Å²) in [4.78, 5) is 11.9. The Balaban J connectivity index is 1.95. The summed E-state index contributed by atoms with van der Waals surface area (Å²) in [6.45, 7) is 0. The highest BCUT2D eigenvalue weighted by Gasteiger charge is 2.29. The van der Waals surface area contributed by atoms with E-state index in [2.05, 4.69) is 0 Å². The Morgan fingerprint density at radius 1 is 0.786 bits per heavy atom. The fraction of sp³-hybridized carbons (Fsp3) is 0.923. The Morgan fingerprint density at radius 3 is 2.21 bits per heavy atom. The zero-order valence-electron chi connectivity index (χ0n) is 9.13. The molecule has 0 unspecified atom stereocenters.